The van der Waals surface area contributed by atoms with Crippen molar-refractivity contribution in [1.82, 2.24) is 25.3 Å². The molecule has 0 aliphatic carbocycles. The molecule has 1 aliphatic rings. The molecular weight excluding hydrogens is 302 g/mol. The van der Waals surface area contributed by atoms with Gasteiger partial charge in [0.05, 0.1) is 6.54 Å². The maximum atomic E-state index is 5.43. The average Bonchev–Trinajstić information content (AvgIpc) is 2.93. The van der Waals surface area contributed by atoms with E-state index in [0.717, 1.165) is 18.5 Å². The predicted molar refractivity (Wildman–Crippen MR) is 93.3 cm³/mol. The van der Waals surface area contributed by atoms with Crippen molar-refractivity contribution in [3.63, 3.8) is 0 Å². The number of nitrogens with one attached hydrogen (secondary N) is 1. The molecule has 3 heterocycles. The molecule has 0 amide bonds. The third kappa shape index (κ3) is 3.99. The van der Waals surface area contributed by atoms with Gasteiger partial charge in [0.2, 0.25) is 11.7 Å². The lowest BCUT2D eigenvalue weighted by molar-refractivity contribution is 0.0717. The summed E-state index contributed by atoms with van der Waals surface area (Å²) in [6.45, 7) is 9.71. The Bertz CT molecular complexity index is 664. The first kappa shape index (κ1) is 17.0. The molecule has 1 aliphatic heterocycles. The van der Waals surface area contributed by atoms with Crippen molar-refractivity contribution in [2.24, 2.45) is 0 Å². The van der Waals surface area contributed by atoms with Gasteiger partial charge >= 0.3 is 0 Å². The summed E-state index contributed by atoms with van der Waals surface area (Å²) in [4.78, 5) is 11.1. The molecule has 1 N–H and O–H groups in total. The largest absolute Gasteiger partial charge is 0.337 e. The van der Waals surface area contributed by atoms with Crippen molar-refractivity contribution in [3.05, 3.63) is 30.3 Å². The Balaban J connectivity index is 1.69. The fourth-order valence-corrected chi connectivity index (χ4v) is 3.84. The van der Waals surface area contributed by atoms with E-state index in [1.807, 2.05) is 18.2 Å². The van der Waals surface area contributed by atoms with Crippen LogP contribution in [0.4, 0.5) is 0 Å². The Labute approximate surface area is 143 Å². The van der Waals surface area contributed by atoms with Crippen LogP contribution < -0.4 is 5.32 Å². The normalized spacial score (nSPS) is 20.4. The number of rotatable bonds is 4. The predicted octanol–water partition coefficient (Wildman–Crippen LogP) is 2.87. The first-order chi connectivity index (χ1) is 11.2. The molecule has 0 saturated carbocycles. The zero-order valence-electron chi connectivity index (χ0n) is 15.2. The molecule has 0 atom stereocenters. The van der Waals surface area contributed by atoms with Gasteiger partial charge in [0.25, 0.3) is 0 Å². The summed E-state index contributed by atoms with van der Waals surface area (Å²) in [5.41, 5.74) is 0.975. The van der Waals surface area contributed by atoms with Crippen LogP contribution in [0.25, 0.3) is 11.5 Å². The maximum absolute atomic E-state index is 5.43. The standard InChI is InChI=1S/C18H27N5O/c1-17(2)10-13(11-18(3,4)22-17)23(5)12-15-20-16(21-24-15)14-8-6-7-9-19-14/h6-9,13,22H,10-12H2,1-5H3. The molecule has 1 saturated heterocycles. The molecule has 6 nitrogen and oxygen atoms in total. The van der Waals surface area contributed by atoms with E-state index in [9.17, 15) is 0 Å². The fourth-order valence-electron chi connectivity index (χ4n) is 3.84. The van der Waals surface area contributed by atoms with Crippen molar-refractivity contribution in [1.29, 1.82) is 0 Å². The summed E-state index contributed by atoms with van der Waals surface area (Å²) in [5.74, 6) is 1.18. The molecule has 0 radical (unpaired) electrons. The Morgan fingerprint density at radius 2 is 1.92 bits per heavy atom. The van der Waals surface area contributed by atoms with Gasteiger partial charge in [-0.25, -0.2) is 0 Å². The highest BCUT2D eigenvalue weighted by atomic mass is 16.5. The molecule has 3 rings (SSSR count). The fraction of sp³-hybridized carbons (Fsp3) is 0.611. The van der Waals surface area contributed by atoms with Gasteiger partial charge in [-0.2, -0.15) is 4.98 Å². The highest BCUT2D eigenvalue weighted by Gasteiger charge is 2.39. The number of nitrogens with zero attached hydrogens (tertiary/aromatic N) is 4. The minimum absolute atomic E-state index is 0.120. The summed E-state index contributed by atoms with van der Waals surface area (Å²) in [6.07, 6.45) is 3.92. The SMILES string of the molecule is CN(Cc1nc(-c2ccccn2)no1)C1CC(C)(C)NC(C)(C)C1. The van der Waals surface area contributed by atoms with Crippen molar-refractivity contribution >= 4 is 0 Å². The van der Waals surface area contributed by atoms with Crippen LogP contribution in [0.1, 0.15) is 46.4 Å². The van der Waals surface area contributed by atoms with E-state index in [2.05, 4.69) is 60.1 Å². The Morgan fingerprint density at radius 1 is 1.21 bits per heavy atom. The van der Waals surface area contributed by atoms with Crippen LogP contribution >= 0.6 is 0 Å². The third-order valence-electron chi connectivity index (χ3n) is 4.54. The van der Waals surface area contributed by atoms with E-state index in [1.165, 1.54) is 0 Å². The minimum atomic E-state index is 0.120. The summed E-state index contributed by atoms with van der Waals surface area (Å²) < 4.78 is 5.43. The number of piperidine rings is 1. The van der Waals surface area contributed by atoms with Crippen LogP contribution in [0.5, 0.6) is 0 Å². The second-order valence-electron chi connectivity index (χ2n) is 8.10. The topological polar surface area (TPSA) is 67.1 Å². The van der Waals surface area contributed by atoms with Gasteiger partial charge in [0, 0.05) is 23.3 Å². The quantitative estimate of drug-likeness (QED) is 0.930. The van der Waals surface area contributed by atoms with Crippen LogP contribution in [-0.2, 0) is 6.54 Å². The molecule has 0 unspecified atom stereocenters. The molecule has 0 aromatic carbocycles. The summed E-state index contributed by atoms with van der Waals surface area (Å²) in [5, 5.41) is 7.77. The highest BCUT2D eigenvalue weighted by molar-refractivity contribution is 5.46. The first-order valence-corrected chi connectivity index (χ1v) is 8.48. The van der Waals surface area contributed by atoms with Gasteiger partial charge < -0.3 is 9.84 Å². The van der Waals surface area contributed by atoms with Crippen molar-refractivity contribution in [3.8, 4) is 11.5 Å². The zero-order chi connectivity index (χ0) is 17.4. The van der Waals surface area contributed by atoms with E-state index < -0.39 is 0 Å². The van der Waals surface area contributed by atoms with Gasteiger partial charge in [0.15, 0.2) is 0 Å². The van der Waals surface area contributed by atoms with Crippen LogP contribution in [0.15, 0.2) is 28.9 Å². The van der Waals surface area contributed by atoms with Crippen LogP contribution in [-0.4, -0.2) is 44.2 Å². The number of hydrogen-bond acceptors (Lipinski definition) is 6. The van der Waals surface area contributed by atoms with Gasteiger partial charge in [-0.05, 0) is 59.7 Å². The molecule has 2 aromatic rings. The molecule has 0 spiro atoms. The minimum Gasteiger partial charge on any atom is -0.337 e. The number of aromatic nitrogens is 3. The van der Waals surface area contributed by atoms with Crippen molar-refractivity contribution in [2.75, 3.05) is 7.05 Å². The summed E-state index contributed by atoms with van der Waals surface area (Å²) >= 11 is 0. The summed E-state index contributed by atoms with van der Waals surface area (Å²) in [7, 11) is 2.13. The Hall–Kier alpha value is -1.79. The van der Waals surface area contributed by atoms with Gasteiger partial charge in [-0.1, -0.05) is 11.2 Å². The van der Waals surface area contributed by atoms with Crippen LogP contribution in [0.2, 0.25) is 0 Å². The first-order valence-electron chi connectivity index (χ1n) is 8.48. The lowest BCUT2D eigenvalue weighted by atomic mass is 9.79. The van der Waals surface area contributed by atoms with E-state index >= 15 is 0 Å². The molecule has 6 heteroatoms. The summed E-state index contributed by atoms with van der Waals surface area (Å²) in [6, 6.07) is 6.15. The zero-order valence-corrected chi connectivity index (χ0v) is 15.2. The number of pyridine rings is 1. The molecule has 130 valence electrons. The Kier molecular flexibility index (Phi) is 4.44. The van der Waals surface area contributed by atoms with E-state index in [-0.39, 0.29) is 11.1 Å². The van der Waals surface area contributed by atoms with Crippen LogP contribution in [0, 0.1) is 0 Å². The molecule has 2 aromatic heterocycles. The average molecular weight is 329 g/mol. The lowest BCUT2D eigenvalue weighted by Crippen LogP contribution is -2.61. The van der Waals surface area contributed by atoms with Crippen LogP contribution in [0.3, 0.4) is 0 Å². The van der Waals surface area contributed by atoms with Gasteiger partial charge in [-0.15, -0.1) is 0 Å². The lowest BCUT2D eigenvalue weighted by Gasteiger charge is -2.48. The smallest absolute Gasteiger partial charge is 0.241 e. The van der Waals surface area contributed by atoms with Crippen molar-refractivity contribution < 1.29 is 4.52 Å². The molecule has 1 fully saturated rings. The van der Waals surface area contributed by atoms with Gasteiger partial charge in [0.1, 0.15) is 5.69 Å². The number of hydrogen-bond donors (Lipinski definition) is 1. The third-order valence-corrected chi connectivity index (χ3v) is 4.54. The van der Waals surface area contributed by atoms with Crippen molar-refractivity contribution in [2.45, 2.75) is 64.2 Å². The van der Waals surface area contributed by atoms with E-state index in [1.54, 1.807) is 6.20 Å². The monoisotopic (exact) mass is 329 g/mol. The second kappa shape index (κ2) is 6.26. The molecular formula is C18H27N5O. The van der Waals surface area contributed by atoms with E-state index in [4.69, 9.17) is 4.52 Å². The molecule has 24 heavy (non-hydrogen) atoms. The second-order valence-corrected chi connectivity index (χ2v) is 8.10. The Morgan fingerprint density at radius 3 is 2.54 bits per heavy atom. The molecule has 0 bridgehead atoms. The maximum Gasteiger partial charge on any atom is 0.241 e. The van der Waals surface area contributed by atoms with E-state index in [0.29, 0.717) is 24.3 Å². The van der Waals surface area contributed by atoms with Gasteiger partial charge in [-0.3, -0.25) is 9.88 Å². The highest BCUT2D eigenvalue weighted by Crippen LogP contribution is 2.31.